The first-order chi connectivity index (χ1) is 5.51. The molecule has 0 saturated carbocycles. The highest BCUT2D eigenvalue weighted by Crippen LogP contribution is 2.44. The van der Waals surface area contributed by atoms with Gasteiger partial charge in [-0.15, -0.1) is 0 Å². The van der Waals surface area contributed by atoms with Gasteiger partial charge in [-0.25, -0.2) is 10.1 Å². The van der Waals surface area contributed by atoms with Crippen LogP contribution in [0, 0.1) is 5.92 Å². The smallest absolute Gasteiger partial charge is 0.297 e. The largest absolute Gasteiger partial charge is 0.403 e. The molecule has 4 nitrogen and oxygen atoms in total. The molecule has 1 heterocycles. The highest BCUT2D eigenvalue weighted by molar-refractivity contribution is 7.51. The minimum Gasteiger partial charge on any atom is -0.297 e. The number of hydrogen-bond acceptors (Lipinski definition) is 3. The van der Waals surface area contributed by atoms with E-state index in [-0.39, 0.29) is 6.10 Å². The Hall–Kier alpha value is 0.110. The Bertz CT molecular complexity index is 195. The zero-order valence-electron chi connectivity index (χ0n) is 7.53. The van der Waals surface area contributed by atoms with Gasteiger partial charge in [0.25, 0.3) is 0 Å². The van der Waals surface area contributed by atoms with Gasteiger partial charge in [0.2, 0.25) is 0 Å². The molecule has 2 N–H and O–H groups in total. The Morgan fingerprint density at radius 2 is 2.25 bits per heavy atom. The van der Waals surface area contributed by atoms with Gasteiger partial charge >= 0.3 is 7.75 Å². The lowest BCUT2D eigenvalue weighted by molar-refractivity contribution is 0.133. The molecule has 12 heavy (non-hydrogen) atoms. The van der Waals surface area contributed by atoms with Crippen molar-refractivity contribution in [2.75, 3.05) is 6.61 Å². The first kappa shape index (κ1) is 10.2. The molecule has 5 heteroatoms. The maximum absolute atomic E-state index is 11.3. The number of hydrogen-bond donors (Lipinski definition) is 1. The second-order valence-corrected chi connectivity index (χ2v) is 4.95. The minimum absolute atomic E-state index is 0.0247. The van der Waals surface area contributed by atoms with Gasteiger partial charge in [0.1, 0.15) is 0 Å². The van der Waals surface area contributed by atoms with Crippen LogP contribution in [0.4, 0.5) is 0 Å². The third-order valence-corrected chi connectivity index (χ3v) is 3.04. The average molecular weight is 193 g/mol. The maximum Gasteiger partial charge on any atom is 0.403 e. The first-order valence-electron chi connectivity index (χ1n) is 4.23. The fraction of sp³-hybridized carbons (Fsp3) is 1.00. The van der Waals surface area contributed by atoms with Crippen LogP contribution in [0.1, 0.15) is 26.7 Å². The SMILES string of the molecule is CC(C)[C@H]1CCCO[P@@](N)(=O)O1. The maximum atomic E-state index is 11.3. The summed E-state index contributed by atoms with van der Waals surface area (Å²) in [6, 6.07) is 0. The van der Waals surface area contributed by atoms with Crippen LogP contribution in [0.3, 0.4) is 0 Å². The minimum atomic E-state index is -3.24. The molecule has 2 atom stereocenters. The molecule has 1 aliphatic rings. The topological polar surface area (TPSA) is 61.5 Å². The highest BCUT2D eigenvalue weighted by atomic mass is 31.2. The molecule has 1 saturated heterocycles. The lowest BCUT2D eigenvalue weighted by Crippen LogP contribution is -2.18. The normalized spacial score (nSPS) is 38.2. The fourth-order valence-electron chi connectivity index (χ4n) is 1.20. The molecule has 0 spiro atoms. The van der Waals surface area contributed by atoms with E-state index in [1.165, 1.54) is 0 Å². The van der Waals surface area contributed by atoms with Crippen LogP contribution >= 0.6 is 7.75 Å². The van der Waals surface area contributed by atoms with Crippen molar-refractivity contribution in [1.29, 1.82) is 0 Å². The van der Waals surface area contributed by atoms with Crippen LogP contribution in [0.2, 0.25) is 0 Å². The Morgan fingerprint density at radius 3 is 2.83 bits per heavy atom. The molecule has 0 aromatic rings. The van der Waals surface area contributed by atoms with Crippen LogP contribution < -0.4 is 5.50 Å². The molecule has 1 aliphatic heterocycles. The number of rotatable bonds is 1. The summed E-state index contributed by atoms with van der Waals surface area (Å²) in [7, 11) is -3.24. The van der Waals surface area contributed by atoms with Gasteiger partial charge in [0, 0.05) is 0 Å². The monoisotopic (exact) mass is 193 g/mol. The Kier molecular flexibility index (Phi) is 3.29. The molecule has 0 aliphatic carbocycles. The lowest BCUT2D eigenvalue weighted by atomic mass is 10.0. The molecular formula is C7H16NO3P. The predicted molar refractivity (Wildman–Crippen MR) is 46.7 cm³/mol. The predicted octanol–water partition coefficient (Wildman–Crippen LogP) is 1.90. The summed E-state index contributed by atoms with van der Waals surface area (Å²) in [5.74, 6) is 0.337. The second kappa shape index (κ2) is 3.88. The van der Waals surface area contributed by atoms with Crippen molar-refractivity contribution >= 4 is 7.75 Å². The molecule has 72 valence electrons. The molecule has 1 fully saturated rings. The first-order valence-corrected chi connectivity index (χ1v) is 5.84. The van der Waals surface area contributed by atoms with Crippen molar-refractivity contribution in [1.82, 2.24) is 0 Å². The summed E-state index contributed by atoms with van der Waals surface area (Å²) in [5.41, 5.74) is 5.32. The van der Waals surface area contributed by atoms with E-state index < -0.39 is 7.75 Å². The quantitative estimate of drug-likeness (QED) is 0.646. The van der Waals surface area contributed by atoms with Gasteiger partial charge in [-0.2, -0.15) is 0 Å². The van der Waals surface area contributed by atoms with Crippen LogP contribution in [-0.4, -0.2) is 12.7 Å². The van der Waals surface area contributed by atoms with Gasteiger partial charge < -0.3 is 0 Å². The van der Waals surface area contributed by atoms with E-state index in [9.17, 15) is 4.57 Å². The second-order valence-electron chi connectivity index (χ2n) is 3.40. The van der Waals surface area contributed by atoms with Gasteiger partial charge in [-0.1, -0.05) is 13.8 Å². The Labute approximate surface area is 73.0 Å². The third kappa shape index (κ3) is 2.87. The molecular weight excluding hydrogens is 177 g/mol. The zero-order valence-corrected chi connectivity index (χ0v) is 8.42. The summed E-state index contributed by atoms with van der Waals surface area (Å²) in [4.78, 5) is 0. The van der Waals surface area contributed by atoms with Crippen molar-refractivity contribution in [2.45, 2.75) is 32.8 Å². The lowest BCUT2D eigenvalue weighted by Gasteiger charge is -2.20. The van der Waals surface area contributed by atoms with Crippen LogP contribution in [0.15, 0.2) is 0 Å². The molecule has 0 amide bonds. The highest BCUT2D eigenvalue weighted by Gasteiger charge is 2.28. The van der Waals surface area contributed by atoms with Crippen LogP contribution in [-0.2, 0) is 13.6 Å². The van der Waals surface area contributed by atoms with Crippen molar-refractivity contribution in [2.24, 2.45) is 11.4 Å². The van der Waals surface area contributed by atoms with Crippen LogP contribution in [0.25, 0.3) is 0 Å². The fourth-order valence-corrected chi connectivity index (χ4v) is 2.37. The van der Waals surface area contributed by atoms with E-state index in [0.29, 0.717) is 12.5 Å². The van der Waals surface area contributed by atoms with E-state index in [1.807, 2.05) is 13.8 Å². The summed E-state index contributed by atoms with van der Waals surface area (Å²) < 4.78 is 21.4. The summed E-state index contributed by atoms with van der Waals surface area (Å²) in [6.45, 7) is 4.49. The molecule has 1 rings (SSSR count). The molecule has 0 aromatic heterocycles. The van der Waals surface area contributed by atoms with Gasteiger partial charge in [0.05, 0.1) is 12.7 Å². The summed E-state index contributed by atoms with van der Waals surface area (Å²) in [5, 5.41) is 0. The van der Waals surface area contributed by atoms with E-state index >= 15 is 0 Å². The molecule has 0 aromatic carbocycles. The summed E-state index contributed by atoms with van der Waals surface area (Å²) >= 11 is 0. The third-order valence-electron chi connectivity index (χ3n) is 1.93. The van der Waals surface area contributed by atoms with Crippen molar-refractivity contribution in [3.63, 3.8) is 0 Å². The van der Waals surface area contributed by atoms with Gasteiger partial charge in [-0.3, -0.25) is 9.05 Å². The zero-order chi connectivity index (χ0) is 9.19. The van der Waals surface area contributed by atoms with Crippen LogP contribution in [0.5, 0.6) is 0 Å². The standard InChI is InChI=1S/C7H16NO3P/c1-6(2)7-4-3-5-10-12(8,9)11-7/h6-7H,3-5H2,1-2H3,(H2,8,9)/t7-,12-/m1/s1. The average Bonchev–Trinajstić information content (AvgIpc) is 2.10. The number of nitrogens with two attached hydrogens (primary N) is 1. The van der Waals surface area contributed by atoms with E-state index in [4.69, 9.17) is 14.6 Å². The van der Waals surface area contributed by atoms with E-state index in [1.54, 1.807) is 0 Å². The van der Waals surface area contributed by atoms with E-state index in [2.05, 4.69) is 0 Å². The molecule has 0 unspecified atom stereocenters. The summed E-state index contributed by atoms with van der Waals surface area (Å²) in [6.07, 6.45) is 1.71. The van der Waals surface area contributed by atoms with Gasteiger partial charge in [0.15, 0.2) is 0 Å². The van der Waals surface area contributed by atoms with Gasteiger partial charge in [-0.05, 0) is 18.8 Å². The molecule has 0 bridgehead atoms. The van der Waals surface area contributed by atoms with Crippen molar-refractivity contribution < 1.29 is 13.6 Å². The molecule has 0 radical (unpaired) electrons. The van der Waals surface area contributed by atoms with E-state index in [0.717, 1.165) is 12.8 Å². The van der Waals surface area contributed by atoms with Crippen molar-refractivity contribution in [3.05, 3.63) is 0 Å². The van der Waals surface area contributed by atoms with Crippen molar-refractivity contribution in [3.8, 4) is 0 Å². The Balaban J connectivity index is 2.60. The Morgan fingerprint density at radius 1 is 1.58 bits per heavy atom.